The SMILES string of the molecule is CC1(C(=O)Nc2ccc(-n3ncc(C(=O)O)c3C(F)(F)F)cc2)CC1(F)F. The van der Waals surface area contributed by atoms with Crippen molar-refractivity contribution >= 4 is 17.6 Å². The van der Waals surface area contributed by atoms with Crippen molar-refractivity contribution in [1.82, 2.24) is 9.78 Å². The van der Waals surface area contributed by atoms with Gasteiger partial charge in [-0.15, -0.1) is 0 Å². The van der Waals surface area contributed by atoms with Gasteiger partial charge in [0.25, 0.3) is 5.92 Å². The Kier molecular flexibility index (Phi) is 4.01. The summed E-state index contributed by atoms with van der Waals surface area (Å²) in [6, 6.07) is 4.71. The van der Waals surface area contributed by atoms with E-state index < -0.39 is 47.1 Å². The van der Waals surface area contributed by atoms with Gasteiger partial charge < -0.3 is 10.4 Å². The average molecular weight is 389 g/mol. The minimum Gasteiger partial charge on any atom is -0.478 e. The molecule has 11 heteroatoms. The third-order valence-electron chi connectivity index (χ3n) is 4.40. The zero-order chi connectivity index (χ0) is 20.2. The van der Waals surface area contributed by atoms with Crippen LogP contribution in [0.1, 0.15) is 29.4 Å². The average Bonchev–Trinajstić information content (AvgIpc) is 2.93. The number of carbonyl (C=O) groups excluding carboxylic acids is 1. The molecule has 1 aliphatic carbocycles. The first-order chi connectivity index (χ1) is 12.4. The number of nitrogens with one attached hydrogen (secondary N) is 1. The highest BCUT2D eigenvalue weighted by molar-refractivity contribution is 5.98. The molecule has 0 radical (unpaired) electrons. The lowest BCUT2D eigenvalue weighted by Crippen LogP contribution is -2.26. The van der Waals surface area contributed by atoms with E-state index in [1.165, 1.54) is 12.1 Å². The van der Waals surface area contributed by atoms with Crippen molar-refractivity contribution < 1.29 is 36.6 Å². The predicted octanol–water partition coefficient (Wildman–Crippen LogP) is 3.57. The largest absolute Gasteiger partial charge is 0.478 e. The first kappa shape index (κ1) is 18.8. The topological polar surface area (TPSA) is 84.2 Å². The standard InChI is InChI=1S/C16H12F5N3O3/c1-14(7-15(14,17)18)13(27)23-8-2-4-9(5-3-8)24-11(16(19,20)21)10(6-22-24)12(25)26/h2-6H,7H2,1H3,(H,23,27)(H,25,26). The van der Waals surface area contributed by atoms with Crippen LogP contribution in [0.5, 0.6) is 0 Å². The molecule has 27 heavy (non-hydrogen) atoms. The van der Waals surface area contributed by atoms with Crippen LogP contribution in [0.25, 0.3) is 5.69 Å². The Hall–Kier alpha value is -2.98. The summed E-state index contributed by atoms with van der Waals surface area (Å²) in [7, 11) is 0. The number of carbonyl (C=O) groups is 2. The summed E-state index contributed by atoms with van der Waals surface area (Å²) in [6.45, 7) is 1.11. The van der Waals surface area contributed by atoms with Crippen LogP contribution in [0.4, 0.5) is 27.6 Å². The second-order valence-corrected chi connectivity index (χ2v) is 6.34. The van der Waals surface area contributed by atoms with Gasteiger partial charge in [0, 0.05) is 12.1 Å². The highest BCUT2D eigenvalue weighted by Gasteiger charge is 2.72. The van der Waals surface area contributed by atoms with Crippen LogP contribution >= 0.6 is 0 Å². The van der Waals surface area contributed by atoms with Gasteiger partial charge in [0.15, 0.2) is 5.69 Å². The molecule has 2 N–H and O–H groups in total. The van der Waals surface area contributed by atoms with Crippen molar-refractivity contribution in [2.45, 2.75) is 25.4 Å². The highest BCUT2D eigenvalue weighted by Crippen LogP contribution is 2.60. The van der Waals surface area contributed by atoms with Gasteiger partial charge in [0.2, 0.25) is 5.91 Å². The number of nitrogens with zero attached hydrogens (tertiary/aromatic N) is 2. The number of aromatic carboxylic acids is 1. The monoisotopic (exact) mass is 389 g/mol. The number of hydrogen-bond acceptors (Lipinski definition) is 3. The molecular formula is C16H12F5N3O3. The second-order valence-electron chi connectivity index (χ2n) is 6.34. The fraction of sp³-hybridized carbons (Fsp3) is 0.312. The lowest BCUT2D eigenvalue weighted by Gasteiger charge is -2.13. The molecule has 0 spiro atoms. The van der Waals surface area contributed by atoms with Crippen LogP contribution in [-0.4, -0.2) is 32.7 Å². The van der Waals surface area contributed by atoms with Crippen molar-refractivity contribution in [3.8, 4) is 5.69 Å². The normalized spacial score (nSPS) is 21.0. The van der Waals surface area contributed by atoms with Gasteiger partial charge in [-0.3, -0.25) is 4.79 Å². The van der Waals surface area contributed by atoms with Gasteiger partial charge in [-0.1, -0.05) is 0 Å². The van der Waals surface area contributed by atoms with Crippen LogP contribution in [0.15, 0.2) is 30.5 Å². The summed E-state index contributed by atoms with van der Waals surface area (Å²) in [5.41, 5.74) is -4.30. The summed E-state index contributed by atoms with van der Waals surface area (Å²) in [5.74, 6) is -5.78. The molecule has 1 amide bonds. The quantitative estimate of drug-likeness (QED) is 0.783. The van der Waals surface area contributed by atoms with Crippen LogP contribution < -0.4 is 5.32 Å². The molecule has 1 aromatic carbocycles. The molecule has 144 valence electrons. The minimum absolute atomic E-state index is 0.104. The van der Waals surface area contributed by atoms with Crippen LogP contribution in [0, 0.1) is 5.41 Å². The van der Waals surface area contributed by atoms with E-state index in [0.717, 1.165) is 19.1 Å². The Morgan fingerprint density at radius 1 is 1.22 bits per heavy atom. The van der Waals surface area contributed by atoms with E-state index >= 15 is 0 Å². The molecule has 0 aliphatic heterocycles. The minimum atomic E-state index is -4.97. The number of halogens is 5. The smallest absolute Gasteiger partial charge is 0.434 e. The van der Waals surface area contributed by atoms with E-state index in [1.807, 2.05) is 0 Å². The Morgan fingerprint density at radius 3 is 2.22 bits per heavy atom. The summed E-state index contributed by atoms with van der Waals surface area (Å²) in [4.78, 5) is 22.9. The molecule has 0 saturated heterocycles. The van der Waals surface area contributed by atoms with Crippen LogP contribution in [0.3, 0.4) is 0 Å². The Bertz CT molecular complexity index is 920. The number of hydrogen-bond donors (Lipinski definition) is 2. The number of benzene rings is 1. The lowest BCUT2D eigenvalue weighted by atomic mass is 10.1. The molecule has 1 unspecified atom stereocenters. The third kappa shape index (κ3) is 3.13. The maximum Gasteiger partial charge on any atom is 0.434 e. The first-order valence-corrected chi connectivity index (χ1v) is 7.55. The fourth-order valence-corrected chi connectivity index (χ4v) is 2.57. The van der Waals surface area contributed by atoms with E-state index in [9.17, 15) is 31.5 Å². The van der Waals surface area contributed by atoms with Crippen molar-refractivity contribution in [2.24, 2.45) is 5.41 Å². The van der Waals surface area contributed by atoms with Crippen molar-refractivity contribution in [3.63, 3.8) is 0 Å². The number of anilines is 1. The molecule has 0 bridgehead atoms. The van der Waals surface area contributed by atoms with Crippen LogP contribution in [0.2, 0.25) is 0 Å². The number of amides is 1. The summed E-state index contributed by atoms with van der Waals surface area (Å²) in [6.07, 6.45) is -4.97. The highest BCUT2D eigenvalue weighted by atomic mass is 19.4. The lowest BCUT2D eigenvalue weighted by molar-refractivity contribution is -0.143. The van der Waals surface area contributed by atoms with Crippen molar-refractivity contribution in [3.05, 3.63) is 41.7 Å². The molecule has 1 fully saturated rings. The second kappa shape index (κ2) is 5.76. The molecule has 1 aromatic heterocycles. The number of rotatable bonds is 4. The Morgan fingerprint density at radius 2 is 1.78 bits per heavy atom. The van der Waals surface area contributed by atoms with Gasteiger partial charge in [-0.05, 0) is 31.2 Å². The van der Waals surface area contributed by atoms with Gasteiger partial charge in [-0.25, -0.2) is 18.3 Å². The third-order valence-corrected chi connectivity index (χ3v) is 4.40. The Balaban J connectivity index is 1.87. The number of carboxylic acid groups (broad SMARTS) is 1. The number of carboxylic acids is 1. The number of aromatic nitrogens is 2. The van der Waals surface area contributed by atoms with Gasteiger partial charge in [-0.2, -0.15) is 18.3 Å². The van der Waals surface area contributed by atoms with E-state index in [-0.39, 0.29) is 11.4 Å². The molecule has 1 atom stereocenters. The zero-order valence-corrected chi connectivity index (χ0v) is 13.6. The van der Waals surface area contributed by atoms with Gasteiger partial charge in [0.05, 0.1) is 11.9 Å². The molecule has 3 rings (SSSR count). The van der Waals surface area contributed by atoms with Gasteiger partial charge >= 0.3 is 12.1 Å². The van der Waals surface area contributed by atoms with E-state index in [0.29, 0.717) is 10.9 Å². The van der Waals surface area contributed by atoms with E-state index in [1.54, 1.807) is 0 Å². The Labute approximate surface area is 148 Å². The van der Waals surface area contributed by atoms with E-state index in [2.05, 4.69) is 10.4 Å². The molecule has 1 saturated carbocycles. The maximum absolute atomic E-state index is 13.2. The van der Waals surface area contributed by atoms with Crippen molar-refractivity contribution in [2.75, 3.05) is 5.32 Å². The zero-order valence-electron chi connectivity index (χ0n) is 13.6. The summed E-state index contributed by atoms with van der Waals surface area (Å²) in [5, 5.41) is 14.6. The number of alkyl halides is 5. The van der Waals surface area contributed by atoms with Crippen molar-refractivity contribution in [1.29, 1.82) is 0 Å². The summed E-state index contributed by atoms with van der Waals surface area (Å²) >= 11 is 0. The predicted molar refractivity (Wildman–Crippen MR) is 81.8 cm³/mol. The van der Waals surface area contributed by atoms with Crippen LogP contribution in [-0.2, 0) is 11.0 Å². The molecule has 1 heterocycles. The van der Waals surface area contributed by atoms with E-state index in [4.69, 9.17) is 5.11 Å². The molecular weight excluding hydrogens is 377 g/mol. The first-order valence-electron chi connectivity index (χ1n) is 7.55. The maximum atomic E-state index is 13.2. The molecule has 2 aromatic rings. The summed E-state index contributed by atoms with van der Waals surface area (Å²) < 4.78 is 66.4. The molecule has 1 aliphatic rings. The molecule has 6 nitrogen and oxygen atoms in total. The van der Waals surface area contributed by atoms with Gasteiger partial charge in [0.1, 0.15) is 11.0 Å². The fourth-order valence-electron chi connectivity index (χ4n) is 2.57.